The number of rotatable bonds is 2. The van der Waals surface area contributed by atoms with E-state index in [2.05, 4.69) is 10.3 Å². The maximum Gasteiger partial charge on any atom is 0.150 e. The standard InChI is InChI=1S/C15H12N2O2/c1-2-19-13-8-10-4-3-7-16-14(10)15-12(13)6-5-11(9-18)17-15/h3-8,17H,2H2,1H3. The summed E-state index contributed by atoms with van der Waals surface area (Å²) in [7, 11) is 0. The summed E-state index contributed by atoms with van der Waals surface area (Å²) in [5, 5.41) is 4.02. The minimum atomic E-state index is 0.396. The Hall–Kier alpha value is -2.58. The SMILES string of the molecule is CCOc1cc2cccnc2c2c1C=CC(=C=O)N2. The van der Waals surface area contributed by atoms with Crippen molar-refractivity contribution >= 4 is 28.6 Å². The Morgan fingerprint density at radius 2 is 2.32 bits per heavy atom. The fourth-order valence-corrected chi connectivity index (χ4v) is 2.18. The molecule has 3 rings (SSSR count). The van der Waals surface area contributed by atoms with E-state index in [0.717, 1.165) is 27.9 Å². The van der Waals surface area contributed by atoms with E-state index in [-0.39, 0.29) is 0 Å². The molecular weight excluding hydrogens is 240 g/mol. The van der Waals surface area contributed by atoms with Gasteiger partial charge < -0.3 is 10.1 Å². The van der Waals surface area contributed by atoms with Gasteiger partial charge in [0.1, 0.15) is 11.4 Å². The second-order valence-corrected chi connectivity index (χ2v) is 4.15. The zero-order chi connectivity index (χ0) is 13.2. The zero-order valence-corrected chi connectivity index (χ0v) is 10.4. The van der Waals surface area contributed by atoms with Gasteiger partial charge in [0.2, 0.25) is 0 Å². The first-order valence-electron chi connectivity index (χ1n) is 6.08. The van der Waals surface area contributed by atoms with Gasteiger partial charge in [-0.25, -0.2) is 4.79 Å². The van der Waals surface area contributed by atoms with Gasteiger partial charge >= 0.3 is 0 Å². The van der Waals surface area contributed by atoms with Gasteiger partial charge in [0.25, 0.3) is 0 Å². The Balaban J connectivity index is 2.32. The smallest absolute Gasteiger partial charge is 0.150 e. The maximum atomic E-state index is 10.8. The maximum absolute atomic E-state index is 10.8. The molecule has 4 heteroatoms. The van der Waals surface area contributed by atoms with Crippen LogP contribution in [0.1, 0.15) is 12.5 Å². The lowest BCUT2D eigenvalue weighted by Crippen LogP contribution is -2.07. The fraction of sp³-hybridized carbons (Fsp3) is 0.133. The molecule has 1 aromatic carbocycles. The number of nitrogens with one attached hydrogen (secondary N) is 1. The van der Waals surface area contributed by atoms with E-state index in [9.17, 15) is 4.79 Å². The van der Waals surface area contributed by atoms with Crippen molar-refractivity contribution in [3.63, 3.8) is 0 Å². The molecule has 0 spiro atoms. The Kier molecular flexibility index (Phi) is 2.78. The topological polar surface area (TPSA) is 51.2 Å². The van der Waals surface area contributed by atoms with E-state index in [1.807, 2.05) is 37.1 Å². The monoisotopic (exact) mass is 252 g/mol. The van der Waals surface area contributed by atoms with Crippen molar-refractivity contribution in [2.24, 2.45) is 0 Å². The molecule has 0 fully saturated rings. The molecule has 0 aliphatic carbocycles. The molecule has 0 radical (unpaired) electrons. The molecule has 4 nitrogen and oxygen atoms in total. The van der Waals surface area contributed by atoms with Crippen molar-refractivity contribution in [3.8, 4) is 5.75 Å². The van der Waals surface area contributed by atoms with E-state index in [1.54, 1.807) is 12.3 Å². The minimum Gasteiger partial charge on any atom is -0.493 e. The number of aromatic nitrogens is 1. The second kappa shape index (κ2) is 4.59. The lowest BCUT2D eigenvalue weighted by molar-refractivity contribution is 0.340. The summed E-state index contributed by atoms with van der Waals surface area (Å²) in [6.45, 7) is 2.53. The molecule has 1 aliphatic rings. The van der Waals surface area contributed by atoms with Crippen LogP contribution < -0.4 is 10.1 Å². The second-order valence-electron chi connectivity index (χ2n) is 4.15. The first kappa shape index (κ1) is 11.5. The summed E-state index contributed by atoms with van der Waals surface area (Å²) >= 11 is 0. The normalized spacial score (nSPS) is 12.8. The third-order valence-corrected chi connectivity index (χ3v) is 2.98. The Morgan fingerprint density at radius 1 is 1.42 bits per heavy atom. The van der Waals surface area contributed by atoms with E-state index >= 15 is 0 Å². The first-order valence-corrected chi connectivity index (χ1v) is 6.08. The molecule has 0 atom stereocenters. The van der Waals surface area contributed by atoms with E-state index in [0.29, 0.717) is 12.3 Å². The van der Waals surface area contributed by atoms with Crippen LogP contribution in [-0.2, 0) is 4.79 Å². The van der Waals surface area contributed by atoms with Crippen molar-refractivity contribution < 1.29 is 9.53 Å². The average Bonchev–Trinajstić information content (AvgIpc) is 2.47. The van der Waals surface area contributed by atoms with E-state index < -0.39 is 0 Å². The molecule has 19 heavy (non-hydrogen) atoms. The summed E-state index contributed by atoms with van der Waals surface area (Å²) in [5.74, 6) is 2.65. The lowest BCUT2D eigenvalue weighted by atomic mass is 10.0. The number of fused-ring (bicyclic) bond motifs is 3. The van der Waals surface area contributed by atoms with Gasteiger partial charge in [-0.3, -0.25) is 4.98 Å². The third-order valence-electron chi connectivity index (χ3n) is 2.98. The number of benzene rings is 1. The molecule has 0 bridgehead atoms. The molecule has 0 unspecified atom stereocenters. The Bertz CT molecular complexity index is 728. The molecule has 94 valence electrons. The van der Waals surface area contributed by atoms with Crippen LogP contribution in [0, 0.1) is 0 Å². The van der Waals surface area contributed by atoms with Crippen LogP contribution in [0.15, 0.2) is 36.2 Å². The molecular formula is C15H12N2O2. The van der Waals surface area contributed by atoms with Gasteiger partial charge in [0, 0.05) is 17.1 Å². The quantitative estimate of drug-likeness (QED) is 0.835. The number of anilines is 1. The number of nitrogens with zero attached hydrogens (tertiary/aromatic N) is 1. The number of hydrogen-bond donors (Lipinski definition) is 1. The highest BCUT2D eigenvalue weighted by molar-refractivity contribution is 6.00. The molecule has 2 aromatic rings. The number of carbonyl (C=O) groups excluding carboxylic acids is 1. The molecule has 1 aliphatic heterocycles. The van der Waals surface area contributed by atoms with Crippen LogP contribution in [0.3, 0.4) is 0 Å². The van der Waals surface area contributed by atoms with Crippen LogP contribution in [0.4, 0.5) is 5.69 Å². The summed E-state index contributed by atoms with van der Waals surface area (Å²) in [6, 6.07) is 5.81. The Labute approximate surface area is 110 Å². The van der Waals surface area contributed by atoms with Gasteiger partial charge in [-0.05, 0) is 31.2 Å². The van der Waals surface area contributed by atoms with Crippen molar-refractivity contribution in [1.82, 2.24) is 4.98 Å². The lowest BCUT2D eigenvalue weighted by Gasteiger charge is -2.19. The summed E-state index contributed by atoms with van der Waals surface area (Å²) in [6.07, 6.45) is 5.27. The minimum absolute atomic E-state index is 0.396. The highest BCUT2D eigenvalue weighted by Gasteiger charge is 2.17. The van der Waals surface area contributed by atoms with Crippen molar-refractivity contribution in [2.45, 2.75) is 6.92 Å². The highest BCUT2D eigenvalue weighted by Crippen LogP contribution is 2.38. The van der Waals surface area contributed by atoms with Crippen molar-refractivity contribution in [2.75, 3.05) is 11.9 Å². The number of allylic oxidation sites excluding steroid dienone is 1. The predicted octanol–water partition coefficient (Wildman–Crippen LogP) is 2.79. The van der Waals surface area contributed by atoms with Gasteiger partial charge in [0.15, 0.2) is 5.94 Å². The molecule has 1 aromatic heterocycles. The van der Waals surface area contributed by atoms with Crippen LogP contribution in [0.25, 0.3) is 17.0 Å². The van der Waals surface area contributed by atoms with Gasteiger partial charge in [-0.15, -0.1) is 0 Å². The van der Waals surface area contributed by atoms with E-state index in [1.165, 1.54) is 0 Å². The largest absolute Gasteiger partial charge is 0.493 e. The summed E-state index contributed by atoms with van der Waals surface area (Å²) in [4.78, 5) is 15.2. The van der Waals surface area contributed by atoms with Crippen molar-refractivity contribution in [3.05, 3.63) is 41.7 Å². The number of hydrogen-bond acceptors (Lipinski definition) is 4. The summed E-state index contributed by atoms with van der Waals surface area (Å²) in [5.41, 5.74) is 2.92. The van der Waals surface area contributed by atoms with E-state index in [4.69, 9.17) is 4.74 Å². The third kappa shape index (κ3) is 1.88. The van der Waals surface area contributed by atoms with Crippen LogP contribution in [-0.4, -0.2) is 17.5 Å². The average molecular weight is 252 g/mol. The van der Waals surface area contributed by atoms with Crippen LogP contribution in [0.5, 0.6) is 5.75 Å². The first-order chi connectivity index (χ1) is 9.33. The predicted molar refractivity (Wildman–Crippen MR) is 74.8 cm³/mol. The van der Waals surface area contributed by atoms with Gasteiger partial charge in [-0.1, -0.05) is 6.07 Å². The summed E-state index contributed by atoms with van der Waals surface area (Å²) < 4.78 is 5.65. The van der Waals surface area contributed by atoms with Crippen LogP contribution in [0.2, 0.25) is 0 Å². The molecule has 0 saturated heterocycles. The molecule has 0 amide bonds. The highest BCUT2D eigenvalue weighted by atomic mass is 16.5. The van der Waals surface area contributed by atoms with Crippen LogP contribution >= 0.6 is 0 Å². The van der Waals surface area contributed by atoms with Gasteiger partial charge in [0.05, 0.1) is 17.8 Å². The zero-order valence-electron chi connectivity index (χ0n) is 10.4. The van der Waals surface area contributed by atoms with Crippen molar-refractivity contribution in [1.29, 1.82) is 0 Å². The van der Waals surface area contributed by atoms with Gasteiger partial charge in [-0.2, -0.15) is 0 Å². The molecule has 2 heterocycles. The fourth-order valence-electron chi connectivity index (χ4n) is 2.18. The molecule has 1 N–H and O–H groups in total. The number of ether oxygens (including phenoxy) is 1. The number of pyridine rings is 1. The Morgan fingerprint density at radius 3 is 3.11 bits per heavy atom. The molecule has 0 saturated carbocycles.